The zero-order chi connectivity index (χ0) is 21.2. The molecule has 2 aromatic rings. The number of Topliss-reactive ketones (excluding diaryl/α,β-unsaturated/α-hetero) is 1. The molecule has 2 rings (SSSR count). The van der Waals surface area contributed by atoms with E-state index in [1.807, 2.05) is 44.2 Å². The summed E-state index contributed by atoms with van der Waals surface area (Å²) in [5.74, 6) is -1.71. The molecule has 0 radical (unpaired) electrons. The van der Waals surface area contributed by atoms with E-state index in [1.165, 1.54) is 6.20 Å². The van der Waals surface area contributed by atoms with Gasteiger partial charge in [-0.15, -0.1) is 0 Å². The maximum atomic E-state index is 12.8. The molecule has 0 unspecified atom stereocenters. The number of ketones is 1. The van der Waals surface area contributed by atoms with Crippen molar-refractivity contribution in [1.29, 1.82) is 0 Å². The van der Waals surface area contributed by atoms with Crippen LogP contribution in [0.25, 0.3) is 0 Å². The van der Waals surface area contributed by atoms with Crippen molar-refractivity contribution >= 4 is 17.8 Å². The van der Waals surface area contributed by atoms with Crippen LogP contribution in [0.15, 0.2) is 42.7 Å². The van der Waals surface area contributed by atoms with Crippen molar-refractivity contribution in [2.75, 3.05) is 0 Å². The van der Waals surface area contributed by atoms with Crippen LogP contribution >= 0.6 is 0 Å². The first-order valence-corrected chi connectivity index (χ1v) is 9.56. The molecular weight excluding hydrogens is 374 g/mol. The standard InChI is InChI=1S/C21H27N3O5/c1-14(2)10-17(24-21(28)29-13-15-6-4-3-5-7-15)18(25)11-16(20(26)27)12-19-22-8-9-23-19/h3-9,14,16-17H,10-13H2,1-2H3,(H,22,23)(H,24,28)(H,26,27)/t16-,17-/m0/s1. The van der Waals surface area contributed by atoms with Gasteiger partial charge < -0.3 is 20.1 Å². The number of benzene rings is 1. The van der Waals surface area contributed by atoms with Crippen LogP contribution in [-0.2, 0) is 27.4 Å². The van der Waals surface area contributed by atoms with E-state index in [9.17, 15) is 19.5 Å². The number of aliphatic carboxylic acids is 1. The Kier molecular flexibility index (Phi) is 8.39. The molecule has 0 saturated heterocycles. The van der Waals surface area contributed by atoms with Crippen LogP contribution in [0.1, 0.15) is 38.1 Å². The number of aromatic amines is 1. The molecule has 0 bridgehead atoms. The van der Waals surface area contributed by atoms with E-state index >= 15 is 0 Å². The van der Waals surface area contributed by atoms with Crippen molar-refractivity contribution in [3.63, 3.8) is 0 Å². The van der Waals surface area contributed by atoms with E-state index in [-0.39, 0.29) is 31.1 Å². The average Bonchev–Trinajstić information content (AvgIpc) is 3.19. The van der Waals surface area contributed by atoms with Crippen molar-refractivity contribution in [1.82, 2.24) is 15.3 Å². The molecular formula is C21H27N3O5. The minimum absolute atomic E-state index is 0.0888. The van der Waals surface area contributed by atoms with E-state index in [1.54, 1.807) is 6.20 Å². The van der Waals surface area contributed by atoms with E-state index in [0.29, 0.717) is 12.2 Å². The summed E-state index contributed by atoms with van der Waals surface area (Å²) in [6.07, 6.45) is 2.73. The number of hydrogen-bond acceptors (Lipinski definition) is 5. The average molecular weight is 401 g/mol. The molecule has 0 aliphatic carbocycles. The van der Waals surface area contributed by atoms with Crippen molar-refractivity contribution in [2.24, 2.45) is 11.8 Å². The van der Waals surface area contributed by atoms with E-state index in [0.717, 1.165) is 5.56 Å². The van der Waals surface area contributed by atoms with Gasteiger partial charge in [0.05, 0.1) is 12.0 Å². The molecule has 8 heteroatoms. The van der Waals surface area contributed by atoms with Gasteiger partial charge in [-0.1, -0.05) is 44.2 Å². The molecule has 3 N–H and O–H groups in total. The molecule has 0 saturated carbocycles. The molecule has 156 valence electrons. The summed E-state index contributed by atoms with van der Waals surface area (Å²) in [5, 5.41) is 12.1. The fraction of sp³-hybridized carbons (Fsp3) is 0.429. The lowest BCUT2D eigenvalue weighted by atomic mass is 9.92. The number of carbonyl (C=O) groups excluding carboxylic acids is 2. The number of rotatable bonds is 11. The second kappa shape index (κ2) is 11.0. The van der Waals surface area contributed by atoms with Gasteiger partial charge in [0.2, 0.25) is 0 Å². The number of nitrogens with zero attached hydrogens (tertiary/aromatic N) is 1. The Balaban J connectivity index is 1.96. The van der Waals surface area contributed by atoms with Gasteiger partial charge in [0.15, 0.2) is 5.78 Å². The summed E-state index contributed by atoms with van der Waals surface area (Å²) >= 11 is 0. The zero-order valence-corrected chi connectivity index (χ0v) is 16.6. The predicted molar refractivity (Wildman–Crippen MR) is 106 cm³/mol. The van der Waals surface area contributed by atoms with Gasteiger partial charge in [-0.2, -0.15) is 0 Å². The molecule has 0 spiro atoms. The summed E-state index contributed by atoms with van der Waals surface area (Å²) in [6.45, 7) is 3.94. The van der Waals surface area contributed by atoms with Crippen LogP contribution in [0.5, 0.6) is 0 Å². The molecule has 0 aliphatic heterocycles. The molecule has 1 aromatic heterocycles. The number of ether oxygens (including phenoxy) is 1. The van der Waals surface area contributed by atoms with Crippen molar-refractivity contribution in [2.45, 2.75) is 45.8 Å². The number of carboxylic acids is 1. The summed E-state index contributed by atoms with van der Waals surface area (Å²) < 4.78 is 5.19. The minimum atomic E-state index is -1.08. The number of carboxylic acid groups (broad SMARTS) is 1. The quantitative estimate of drug-likeness (QED) is 0.532. The van der Waals surface area contributed by atoms with Gasteiger partial charge in [-0.05, 0) is 17.9 Å². The van der Waals surface area contributed by atoms with Gasteiger partial charge in [-0.3, -0.25) is 9.59 Å². The Hall–Kier alpha value is -3.16. The maximum Gasteiger partial charge on any atom is 0.408 e. The number of H-pyrrole nitrogens is 1. The summed E-state index contributed by atoms with van der Waals surface area (Å²) in [5.41, 5.74) is 0.832. The number of hydrogen-bond donors (Lipinski definition) is 3. The van der Waals surface area contributed by atoms with E-state index < -0.39 is 24.0 Å². The molecule has 1 aromatic carbocycles. The second-order valence-corrected chi connectivity index (χ2v) is 7.33. The fourth-order valence-electron chi connectivity index (χ4n) is 2.92. The van der Waals surface area contributed by atoms with Crippen LogP contribution < -0.4 is 5.32 Å². The number of imidazole rings is 1. The molecule has 0 fully saturated rings. The normalized spacial score (nSPS) is 12.9. The Labute approximate surface area is 169 Å². The number of amides is 1. The number of carbonyl (C=O) groups is 3. The van der Waals surface area contributed by atoms with Gasteiger partial charge in [0.1, 0.15) is 12.4 Å². The van der Waals surface area contributed by atoms with Crippen LogP contribution in [0.3, 0.4) is 0 Å². The molecule has 0 aliphatic rings. The van der Waals surface area contributed by atoms with Crippen molar-refractivity contribution in [3.05, 3.63) is 54.1 Å². The van der Waals surface area contributed by atoms with Crippen LogP contribution in [0.4, 0.5) is 4.79 Å². The lowest BCUT2D eigenvalue weighted by Crippen LogP contribution is -2.43. The Morgan fingerprint density at radius 2 is 1.93 bits per heavy atom. The van der Waals surface area contributed by atoms with Gasteiger partial charge in [-0.25, -0.2) is 9.78 Å². The highest BCUT2D eigenvalue weighted by atomic mass is 16.5. The topological polar surface area (TPSA) is 121 Å². The molecule has 1 heterocycles. The van der Waals surface area contributed by atoms with Crippen molar-refractivity contribution in [3.8, 4) is 0 Å². The Morgan fingerprint density at radius 3 is 2.52 bits per heavy atom. The monoisotopic (exact) mass is 401 g/mol. The summed E-state index contributed by atoms with van der Waals surface area (Å²) in [7, 11) is 0. The fourth-order valence-corrected chi connectivity index (χ4v) is 2.92. The smallest absolute Gasteiger partial charge is 0.408 e. The lowest BCUT2D eigenvalue weighted by Gasteiger charge is -2.21. The molecule has 1 amide bonds. The third-order valence-corrected chi connectivity index (χ3v) is 4.39. The van der Waals surface area contributed by atoms with Crippen LogP contribution in [0, 0.1) is 11.8 Å². The second-order valence-electron chi connectivity index (χ2n) is 7.33. The highest BCUT2D eigenvalue weighted by Gasteiger charge is 2.29. The third-order valence-electron chi connectivity index (χ3n) is 4.39. The largest absolute Gasteiger partial charge is 0.481 e. The number of nitrogens with one attached hydrogen (secondary N) is 2. The Bertz CT molecular complexity index is 790. The van der Waals surface area contributed by atoms with Crippen molar-refractivity contribution < 1.29 is 24.2 Å². The maximum absolute atomic E-state index is 12.8. The number of aromatic nitrogens is 2. The highest BCUT2D eigenvalue weighted by molar-refractivity contribution is 5.90. The number of alkyl carbamates (subject to hydrolysis) is 1. The molecule has 29 heavy (non-hydrogen) atoms. The first-order valence-electron chi connectivity index (χ1n) is 9.56. The summed E-state index contributed by atoms with van der Waals surface area (Å²) in [6, 6.07) is 8.39. The van der Waals surface area contributed by atoms with Crippen LogP contribution in [-0.4, -0.2) is 39.0 Å². The SMILES string of the molecule is CC(C)C[C@H](NC(=O)OCc1ccccc1)C(=O)C[C@@H](Cc1ncc[nH]1)C(=O)O. The summed E-state index contributed by atoms with van der Waals surface area (Å²) in [4.78, 5) is 43.4. The zero-order valence-electron chi connectivity index (χ0n) is 16.6. The van der Waals surface area contributed by atoms with Gasteiger partial charge in [0, 0.05) is 25.2 Å². The van der Waals surface area contributed by atoms with Gasteiger partial charge >= 0.3 is 12.1 Å². The highest BCUT2D eigenvalue weighted by Crippen LogP contribution is 2.15. The first-order chi connectivity index (χ1) is 13.8. The van der Waals surface area contributed by atoms with Crippen LogP contribution in [0.2, 0.25) is 0 Å². The third kappa shape index (κ3) is 7.77. The van der Waals surface area contributed by atoms with Gasteiger partial charge in [0.25, 0.3) is 0 Å². The van der Waals surface area contributed by atoms with E-state index in [2.05, 4.69) is 15.3 Å². The Morgan fingerprint density at radius 1 is 1.21 bits per heavy atom. The lowest BCUT2D eigenvalue weighted by molar-refractivity contribution is -0.144. The first kappa shape index (κ1) is 22.1. The van der Waals surface area contributed by atoms with E-state index in [4.69, 9.17) is 4.74 Å². The minimum Gasteiger partial charge on any atom is -0.481 e. The molecule has 8 nitrogen and oxygen atoms in total. The predicted octanol–water partition coefficient (Wildman–Crippen LogP) is 2.95. The molecule has 2 atom stereocenters.